The van der Waals surface area contributed by atoms with Crippen molar-refractivity contribution >= 4 is 27.3 Å². The zero-order valence-corrected chi connectivity index (χ0v) is 24.1. The van der Waals surface area contributed by atoms with Crippen molar-refractivity contribution in [1.82, 2.24) is 0 Å². The fourth-order valence-corrected chi connectivity index (χ4v) is 10.8. The fraction of sp³-hybridized carbons (Fsp3) is 1.00. The minimum atomic E-state index is -7.62. The lowest BCUT2D eigenvalue weighted by atomic mass is 10.4. The molecule has 0 amide bonds. The highest BCUT2D eigenvalue weighted by Gasteiger charge is 2.68. The van der Waals surface area contributed by atoms with Crippen LogP contribution in [0.5, 0.6) is 0 Å². The van der Waals surface area contributed by atoms with Gasteiger partial charge in [-0.05, 0) is 25.7 Å². The summed E-state index contributed by atoms with van der Waals surface area (Å²) in [5, 5.41) is -14.0. The van der Waals surface area contributed by atoms with Crippen LogP contribution in [0.25, 0.3) is 4.13 Å². The van der Waals surface area contributed by atoms with E-state index in [-0.39, 0.29) is 0 Å². The molecule has 0 spiro atoms. The first-order valence-corrected chi connectivity index (χ1v) is 17.3. The van der Waals surface area contributed by atoms with Gasteiger partial charge < -0.3 is 4.13 Å². The number of halogens is 10. The Balaban J connectivity index is 0. The van der Waals surface area contributed by atoms with Gasteiger partial charge >= 0.3 is 22.9 Å². The summed E-state index contributed by atoms with van der Waals surface area (Å²) in [6.07, 6.45) is 3.94. The smallest absolute Gasteiger partial charge is 0.425 e. The highest BCUT2D eigenvalue weighted by Crippen LogP contribution is 2.61. The van der Waals surface area contributed by atoms with Crippen molar-refractivity contribution < 1.29 is 60.7 Å². The van der Waals surface area contributed by atoms with E-state index in [1.807, 2.05) is 0 Å². The third-order valence-corrected chi connectivity index (χ3v) is 13.8. The van der Waals surface area contributed by atoms with E-state index in [2.05, 4.69) is 27.7 Å². The number of alkyl halides is 10. The largest absolute Gasteiger partial charge is 0.467 e. The second kappa shape index (κ2) is 15.6. The van der Waals surface area contributed by atoms with Crippen molar-refractivity contribution in [2.45, 2.75) is 102 Å². The molecule has 232 valence electrons. The van der Waals surface area contributed by atoms with Gasteiger partial charge in [0.15, 0.2) is 20.0 Å². The van der Waals surface area contributed by atoms with Crippen molar-refractivity contribution in [3.05, 3.63) is 4.13 Å². The molecule has 0 N–H and O–H groups in total. The fourth-order valence-electron chi connectivity index (χ4n) is 3.16. The molecule has 0 aromatic rings. The molecule has 0 aromatic carbocycles. The van der Waals surface area contributed by atoms with Crippen LogP contribution in [0.4, 0.5) is 43.9 Å². The molecule has 0 saturated heterocycles. The molecule has 0 heterocycles. The van der Waals surface area contributed by atoms with Crippen LogP contribution in [0.2, 0.25) is 0 Å². The van der Waals surface area contributed by atoms with Crippen molar-refractivity contribution in [3.8, 4) is 0 Å². The first-order chi connectivity index (χ1) is 16.9. The molecule has 0 radical (unpaired) electrons. The zero-order chi connectivity index (χ0) is 30.7. The van der Waals surface area contributed by atoms with Crippen molar-refractivity contribution in [2.75, 3.05) is 24.6 Å². The van der Waals surface area contributed by atoms with Crippen LogP contribution in [-0.4, -0.2) is 64.3 Å². The summed E-state index contributed by atoms with van der Waals surface area (Å²) in [6, 6.07) is 0. The van der Waals surface area contributed by atoms with Crippen LogP contribution in [0.1, 0.15) is 79.1 Å². The molecule has 0 bridgehead atoms. The summed E-state index contributed by atoms with van der Waals surface area (Å²) < 4.78 is 161. The topological polar surface area (TPSA) is 82.4 Å². The molecule has 5 nitrogen and oxygen atoms in total. The highest BCUT2D eigenvalue weighted by molar-refractivity contribution is 8.13. The average Bonchev–Trinajstić information content (AvgIpc) is 2.76. The Hall–Kier alpha value is -0.410. The Morgan fingerprint density at radius 3 is 0.868 bits per heavy atom. The Morgan fingerprint density at radius 1 is 0.500 bits per heavy atom. The van der Waals surface area contributed by atoms with Crippen molar-refractivity contribution in [3.63, 3.8) is 0 Å². The Bertz CT molecular complexity index is 801. The molecular weight excluding hydrogens is 603 g/mol. The minimum absolute atomic E-state index is 0.422. The van der Waals surface area contributed by atoms with Crippen LogP contribution in [0.3, 0.4) is 0 Å². The molecule has 0 aliphatic heterocycles. The standard InChI is InChI=1S/C16H36P.C4F10NO4S2/c1-5-9-13-17(14-10-6-2,15-11-7-3)16-12-8-4;5-1(6,7)3(11,12)20(16,17)15-21(18,19)4(13,14)2(8,9)10/h5-16H2,1-4H3;/q+1;-1. The lowest BCUT2D eigenvalue weighted by Gasteiger charge is -2.31. The summed E-state index contributed by atoms with van der Waals surface area (Å²) in [5.74, 6) is 0. The van der Waals surface area contributed by atoms with E-state index < -0.39 is 50.2 Å². The second-order valence-electron chi connectivity index (χ2n) is 8.70. The monoisotopic (exact) mass is 639 g/mol. The summed E-state index contributed by atoms with van der Waals surface area (Å²) in [7, 11) is -15.8. The highest BCUT2D eigenvalue weighted by atomic mass is 32.3. The van der Waals surface area contributed by atoms with Gasteiger partial charge in [-0.25, -0.2) is 16.8 Å². The number of hydrogen-bond acceptors (Lipinski definition) is 4. The SMILES string of the molecule is CCCC[P+](CCCC)(CCCC)CCCC.O=S(=O)([N-]S(=O)(=O)C(F)(F)C(F)(F)F)C(F)(F)C(F)(F)F. The molecule has 0 aliphatic rings. The van der Waals surface area contributed by atoms with Crippen LogP contribution >= 0.6 is 7.26 Å². The van der Waals surface area contributed by atoms with Crippen molar-refractivity contribution in [1.29, 1.82) is 0 Å². The van der Waals surface area contributed by atoms with Gasteiger partial charge in [0.2, 0.25) is 0 Å². The van der Waals surface area contributed by atoms with Crippen LogP contribution in [0, 0.1) is 0 Å². The van der Waals surface area contributed by atoms with Gasteiger partial charge in [0.25, 0.3) is 0 Å². The lowest BCUT2D eigenvalue weighted by molar-refractivity contribution is -0.241. The van der Waals surface area contributed by atoms with E-state index in [9.17, 15) is 60.7 Å². The maximum absolute atomic E-state index is 12.3. The number of unbranched alkanes of at least 4 members (excludes halogenated alkanes) is 4. The number of hydrogen-bond donors (Lipinski definition) is 0. The van der Waals surface area contributed by atoms with Gasteiger partial charge in [0.05, 0.1) is 24.6 Å². The van der Waals surface area contributed by atoms with Gasteiger partial charge in [0.1, 0.15) is 0 Å². The number of rotatable bonds is 16. The molecular formula is C20H36F10NO4PS2. The van der Waals surface area contributed by atoms with E-state index in [1.54, 1.807) is 24.6 Å². The molecule has 0 saturated carbocycles. The van der Waals surface area contributed by atoms with Gasteiger partial charge in [-0.3, -0.25) is 0 Å². The van der Waals surface area contributed by atoms with Crippen LogP contribution in [0.15, 0.2) is 0 Å². The minimum Gasteiger partial charge on any atom is -0.425 e. The molecule has 0 aliphatic carbocycles. The first kappa shape index (κ1) is 39.7. The molecule has 0 fully saturated rings. The molecule has 0 unspecified atom stereocenters. The number of sulfonamides is 2. The maximum atomic E-state index is 12.3. The lowest BCUT2D eigenvalue weighted by Crippen LogP contribution is -2.48. The van der Waals surface area contributed by atoms with E-state index in [0.29, 0.717) is 4.13 Å². The Labute approximate surface area is 218 Å². The van der Waals surface area contributed by atoms with Crippen LogP contribution < -0.4 is 0 Å². The third-order valence-electron chi connectivity index (χ3n) is 5.45. The Morgan fingerprint density at radius 2 is 0.711 bits per heavy atom. The second-order valence-corrected chi connectivity index (χ2v) is 16.7. The van der Waals surface area contributed by atoms with Crippen molar-refractivity contribution in [2.24, 2.45) is 0 Å². The molecule has 18 heteroatoms. The van der Waals surface area contributed by atoms with Gasteiger partial charge in [-0.2, -0.15) is 43.9 Å². The normalized spacial score (nSPS) is 14.3. The molecule has 38 heavy (non-hydrogen) atoms. The van der Waals surface area contributed by atoms with Gasteiger partial charge in [0, 0.05) is 7.26 Å². The third kappa shape index (κ3) is 11.2. The Kier molecular flexibility index (Phi) is 16.3. The van der Waals surface area contributed by atoms with Gasteiger partial charge in [-0.15, -0.1) is 0 Å². The van der Waals surface area contributed by atoms with E-state index in [0.717, 1.165) is 0 Å². The zero-order valence-electron chi connectivity index (χ0n) is 21.6. The molecule has 0 atom stereocenters. The summed E-state index contributed by atoms with van der Waals surface area (Å²) in [5.41, 5.74) is 0. The summed E-state index contributed by atoms with van der Waals surface area (Å²) in [6.45, 7) is 9.42. The van der Waals surface area contributed by atoms with E-state index in [4.69, 9.17) is 0 Å². The predicted molar refractivity (Wildman–Crippen MR) is 129 cm³/mol. The summed E-state index contributed by atoms with van der Waals surface area (Å²) in [4.78, 5) is 0. The predicted octanol–water partition coefficient (Wildman–Crippen LogP) is 8.53. The quantitative estimate of drug-likeness (QED) is 0.125. The maximum Gasteiger partial charge on any atom is 0.467 e. The van der Waals surface area contributed by atoms with E-state index >= 15 is 0 Å². The van der Waals surface area contributed by atoms with Gasteiger partial charge in [-0.1, -0.05) is 53.4 Å². The average molecular weight is 640 g/mol. The summed E-state index contributed by atoms with van der Waals surface area (Å²) >= 11 is 0. The number of nitrogens with zero attached hydrogens (tertiary/aromatic N) is 1. The first-order valence-electron chi connectivity index (χ1n) is 11.9. The van der Waals surface area contributed by atoms with E-state index in [1.165, 1.54) is 51.4 Å². The van der Waals surface area contributed by atoms with Crippen LogP contribution in [-0.2, 0) is 20.0 Å². The molecule has 0 aromatic heterocycles. The molecule has 0 rings (SSSR count).